The number of carbonyl (C=O) groups excluding carboxylic acids is 2. The number of rotatable bonds is 6. The molecule has 2 saturated heterocycles. The zero-order chi connectivity index (χ0) is 29.4. The molecule has 3 aromatic rings. The highest BCUT2D eigenvalue weighted by atomic mass is 79.9. The van der Waals surface area contributed by atoms with Gasteiger partial charge in [0.1, 0.15) is 5.69 Å². The smallest absolute Gasteiger partial charge is 0.294 e. The molecular weight excluding hydrogens is 626 g/mol. The van der Waals surface area contributed by atoms with Crippen LogP contribution in [0.5, 0.6) is 0 Å². The minimum atomic E-state index is -0.469. The van der Waals surface area contributed by atoms with Gasteiger partial charge in [-0.2, -0.15) is 0 Å². The maximum absolute atomic E-state index is 13.8. The minimum absolute atomic E-state index is 0.0694. The molecule has 0 bridgehead atoms. The van der Waals surface area contributed by atoms with Crippen LogP contribution in [-0.4, -0.2) is 65.0 Å². The lowest BCUT2D eigenvalue weighted by molar-refractivity contribution is -0.384. The molecule has 12 heteroatoms. The predicted molar refractivity (Wildman–Crippen MR) is 163 cm³/mol. The number of nitrogens with one attached hydrogen (secondary N) is 2. The third kappa shape index (κ3) is 5.69. The van der Waals surface area contributed by atoms with Crippen molar-refractivity contribution in [3.05, 3.63) is 73.5 Å². The Hall–Kier alpha value is -3.28. The van der Waals surface area contributed by atoms with Crippen molar-refractivity contribution in [2.75, 3.05) is 31.6 Å². The van der Waals surface area contributed by atoms with Gasteiger partial charge in [-0.1, -0.05) is 46.4 Å². The molecule has 3 fully saturated rings. The number of hydrogen-bond acceptors (Lipinski definition) is 7. The molecule has 1 saturated carbocycles. The number of benzene rings is 2. The van der Waals surface area contributed by atoms with Gasteiger partial charge >= 0.3 is 0 Å². The predicted octanol–water partition coefficient (Wildman–Crippen LogP) is 5.96. The Kier molecular flexibility index (Phi) is 8.08. The van der Waals surface area contributed by atoms with E-state index in [4.69, 9.17) is 16.3 Å². The van der Waals surface area contributed by atoms with Crippen LogP contribution in [0.15, 0.2) is 47.2 Å². The number of aromatic nitrogens is 1. The summed E-state index contributed by atoms with van der Waals surface area (Å²) in [5.74, 6) is -0.519. The Bertz CT molecular complexity index is 1550. The summed E-state index contributed by atoms with van der Waals surface area (Å²) in [6.45, 7) is 2.60. The highest BCUT2D eigenvalue weighted by Crippen LogP contribution is 2.42. The number of nitrogens with zero attached hydrogens (tertiary/aromatic N) is 3. The Balaban J connectivity index is 1.26. The van der Waals surface area contributed by atoms with Crippen LogP contribution >= 0.6 is 27.5 Å². The zero-order valence-electron chi connectivity index (χ0n) is 22.9. The van der Waals surface area contributed by atoms with E-state index >= 15 is 0 Å². The number of carbonyl (C=O) groups is 2. The average Bonchev–Trinajstić information content (AvgIpc) is 2.96. The Morgan fingerprint density at radius 2 is 1.81 bits per heavy atom. The lowest BCUT2D eigenvalue weighted by atomic mass is 9.73. The third-order valence-electron chi connectivity index (χ3n) is 8.78. The molecule has 2 amide bonds. The Morgan fingerprint density at radius 1 is 1.07 bits per heavy atom. The normalized spacial score (nSPS) is 21.5. The topological polar surface area (TPSA) is 127 Å². The van der Waals surface area contributed by atoms with Crippen molar-refractivity contribution >= 4 is 61.5 Å². The number of nitro benzene ring substituents is 1. The Labute approximate surface area is 256 Å². The van der Waals surface area contributed by atoms with E-state index in [1.807, 2.05) is 0 Å². The summed E-state index contributed by atoms with van der Waals surface area (Å²) in [4.78, 5) is 45.0. The van der Waals surface area contributed by atoms with Gasteiger partial charge in [0.05, 0.1) is 16.1 Å². The molecule has 10 nitrogen and oxygen atoms in total. The van der Waals surface area contributed by atoms with Crippen LogP contribution in [0.25, 0.3) is 10.8 Å². The SMILES string of the molecule is O=C(N[C@H]1CCCC[C@H]1Nc1c(C(=O)N2CC3(CCOCC3)C2)cc(Br)cc1[N+](=O)[O-])c1cncc2cc(Cl)ccc12. The summed E-state index contributed by atoms with van der Waals surface area (Å²) in [5, 5.41) is 20.8. The van der Waals surface area contributed by atoms with Crippen molar-refractivity contribution < 1.29 is 19.2 Å². The molecule has 42 heavy (non-hydrogen) atoms. The summed E-state index contributed by atoms with van der Waals surface area (Å²) in [6.07, 6.45) is 8.18. The quantitative estimate of drug-likeness (QED) is 0.248. The fourth-order valence-electron chi connectivity index (χ4n) is 6.49. The molecule has 1 aromatic heterocycles. The van der Waals surface area contributed by atoms with Gasteiger partial charge in [-0.3, -0.25) is 24.7 Å². The summed E-state index contributed by atoms with van der Waals surface area (Å²) >= 11 is 9.51. The van der Waals surface area contributed by atoms with Crippen LogP contribution in [0.2, 0.25) is 5.02 Å². The van der Waals surface area contributed by atoms with Crippen molar-refractivity contribution in [3.8, 4) is 0 Å². The molecule has 2 N–H and O–H groups in total. The molecule has 1 spiro atoms. The summed E-state index contributed by atoms with van der Waals surface area (Å²) in [5.41, 5.74) is 0.760. The van der Waals surface area contributed by atoms with Gasteiger partial charge in [-0.15, -0.1) is 0 Å². The molecule has 220 valence electrons. The first-order valence-electron chi connectivity index (χ1n) is 14.2. The minimum Gasteiger partial charge on any atom is -0.381 e. The molecule has 0 unspecified atom stereocenters. The first-order valence-corrected chi connectivity index (χ1v) is 15.4. The first kappa shape index (κ1) is 28.8. The number of nitro groups is 1. The fraction of sp³-hybridized carbons (Fsp3) is 0.433. The lowest BCUT2D eigenvalue weighted by Gasteiger charge is -2.52. The lowest BCUT2D eigenvalue weighted by Crippen LogP contribution is -2.60. The van der Waals surface area contributed by atoms with Gasteiger partial charge in [-0.05, 0) is 49.3 Å². The van der Waals surface area contributed by atoms with Gasteiger partial charge in [0, 0.05) is 77.1 Å². The standard InChI is InChI=1S/C30H31BrClN5O5/c31-19-12-22(29(39)36-16-30(17-36)7-9-42-10-8-30)27(26(13-19)37(40)41)34-24-3-1-2-4-25(24)35-28(38)23-15-33-14-18-11-20(32)5-6-21(18)23/h5-6,11-15,24-25,34H,1-4,7-10,16-17H2,(H,35,38)/t24-,25+/m1/s1. The molecule has 1 aliphatic carbocycles. The van der Waals surface area contributed by atoms with Crippen LogP contribution in [-0.2, 0) is 4.74 Å². The van der Waals surface area contributed by atoms with Crippen molar-refractivity contribution in [2.45, 2.75) is 50.6 Å². The molecule has 2 atom stereocenters. The third-order valence-corrected chi connectivity index (χ3v) is 9.47. The average molecular weight is 657 g/mol. The molecule has 2 aromatic carbocycles. The summed E-state index contributed by atoms with van der Waals surface area (Å²) in [7, 11) is 0. The van der Waals surface area contributed by atoms with E-state index in [1.165, 1.54) is 12.3 Å². The summed E-state index contributed by atoms with van der Waals surface area (Å²) in [6, 6.07) is 7.74. The maximum atomic E-state index is 13.8. The second kappa shape index (κ2) is 11.8. The molecule has 3 aliphatic rings. The first-order chi connectivity index (χ1) is 20.2. The number of ether oxygens (including phenoxy) is 1. The molecule has 6 rings (SSSR count). The number of pyridine rings is 1. The van der Waals surface area contributed by atoms with Crippen LogP contribution in [0, 0.1) is 15.5 Å². The highest BCUT2D eigenvalue weighted by molar-refractivity contribution is 9.10. The van der Waals surface area contributed by atoms with Crippen molar-refractivity contribution in [1.29, 1.82) is 0 Å². The monoisotopic (exact) mass is 655 g/mol. The van der Waals surface area contributed by atoms with Gasteiger partial charge in [0.15, 0.2) is 0 Å². The van der Waals surface area contributed by atoms with Crippen molar-refractivity contribution in [1.82, 2.24) is 15.2 Å². The van der Waals surface area contributed by atoms with E-state index in [1.54, 1.807) is 35.4 Å². The number of amides is 2. The van der Waals surface area contributed by atoms with Gasteiger partial charge in [0.25, 0.3) is 17.5 Å². The van der Waals surface area contributed by atoms with E-state index in [2.05, 4.69) is 31.5 Å². The maximum Gasteiger partial charge on any atom is 0.294 e. The second-order valence-electron chi connectivity index (χ2n) is 11.5. The number of hydrogen-bond donors (Lipinski definition) is 2. The second-order valence-corrected chi connectivity index (χ2v) is 12.9. The Morgan fingerprint density at radius 3 is 2.55 bits per heavy atom. The van der Waals surface area contributed by atoms with Gasteiger partial charge in [-0.25, -0.2) is 0 Å². The van der Waals surface area contributed by atoms with Crippen LogP contribution in [0.4, 0.5) is 11.4 Å². The molecule has 0 radical (unpaired) electrons. The van der Waals surface area contributed by atoms with Crippen molar-refractivity contribution in [3.63, 3.8) is 0 Å². The van der Waals surface area contributed by atoms with E-state index in [0.717, 1.165) is 36.5 Å². The van der Waals surface area contributed by atoms with E-state index in [9.17, 15) is 19.7 Å². The van der Waals surface area contributed by atoms with E-state index < -0.39 is 4.92 Å². The highest BCUT2D eigenvalue weighted by Gasteiger charge is 2.46. The van der Waals surface area contributed by atoms with Crippen LogP contribution in [0.3, 0.4) is 0 Å². The van der Waals surface area contributed by atoms with E-state index in [-0.39, 0.29) is 46.3 Å². The number of halogens is 2. The van der Waals surface area contributed by atoms with Crippen LogP contribution in [0.1, 0.15) is 59.2 Å². The number of anilines is 1. The van der Waals surface area contributed by atoms with Crippen LogP contribution < -0.4 is 10.6 Å². The zero-order valence-corrected chi connectivity index (χ0v) is 25.2. The molecule has 3 heterocycles. The van der Waals surface area contributed by atoms with Crippen molar-refractivity contribution in [2.24, 2.45) is 5.41 Å². The number of fused-ring (bicyclic) bond motifs is 1. The molecule has 2 aliphatic heterocycles. The number of likely N-dealkylation sites (tertiary alicyclic amines) is 1. The fourth-order valence-corrected chi connectivity index (χ4v) is 7.12. The van der Waals surface area contributed by atoms with Gasteiger partial charge in [0.2, 0.25) is 0 Å². The van der Waals surface area contributed by atoms with Gasteiger partial charge < -0.3 is 20.3 Å². The van der Waals surface area contributed by atoms with E-state index in [0.29, 0.717) is 54.2 Å². The molecular formula is C30H31BrClN5O5. The largest absolute Gasteiger partial charge is 0.381 e. The summed E-state index contributed by atoms with van der Waals surface area (Å²) < 4.78 is 5.96.